The molecule has 16 heteroatoms. The minimum Gasteiger partial charge on any atom is -0.458 e. The summed E-state index contributed by atoms with van der Waals surface area (Å²) in [5.74, 6) is -4.59. The third-order valence-corrected chi connectivity index (χ3v) is 15.9. The molecule has 1 saturated heterocycles. The number of methoxy groups -OCH3 is 2. The Morgan fingerprint density at radius 2 is 1.38 bits per heavy atom. The fourth-order valence-electron chi connectivity index (χ4n) is 11.6. The van der Waals surface area contributed by atoms with E-state index < -0.39 is 77.5 Å². The minimum absolute atomic E-state index is 0.0338. The van der Waals surface area contributed by atoms with Crippen LogP contribution in [-0.4, -0.2) is 146 Å². The highest BCUT2D eigenvalue weighted by Crippen LogP contribution is 2.50. The number of carbonyl (C=O) groups excluding carboxylic acids is 6. The number of likely N-dealkylation sites (N-methyl/N-ethyl adjacent to an activating group) is 2. The molecule has 5 amide bonds. The quantitative estimate of drug-likeness (QED) is 0.0807. The average Bonchev–Trinajstić information content (AvgIpc) is 3.93. The summed E-state index contributed by atoms with van der Waals surface area (Å²) < 4.78 is 38.8. The molecular weight excluding hydrogens is 970 g/mol. The van der Waals surface area contributed by atoms with Crippen LogP contribution in [0.1, 0.15) is 118 Å². The molecular formula is C60H84FN5O10. The molecule has 0 spiro atoms. The van der Waals surface area contributed by atoms with Crippen LogP contribution in [0.4, 0.5) is 4.39 Å². The van der Waals surface area contributed by atoms with Crippen molar-refractivity contribution in [1.29, 1.82) is 0 Å². The van der Waals surface area contributed by atoms with Crippen LogP contribution in [0.3, 0.4) is 0 Å². The van der Waals surface area contributed by atoms with Crippen molar-refractivity contribution < 1.29 is 52.1 Å². The van der Waals surface area contributed by atoms with Gasteiger partial charge in [0.1, 0.15) is 36.2 Å². The van der Waals surface area contributed by atoms with Crippen LogP contribution >= 0.6 is 0 Å². The zero-order valence-electron chi connectivity index (χ0n) is 47.3. The van der Waals surface area contributed by atoms with Gasteiger partial charge in [0, 0.05) is 46.7 Å². The van der Waals surface area contributed by atoms with E-state index in [-0.39, 0.29) is 78.4 Å². The van der Waals surface area contributed by atoms with Crippen LogP contribution < -0.4 is 10.6 Å². The van der Waals surface area contributed by atoms with Crippen molar-refractivity contribution in [2.75, 3.05) is 41.5 Å². The minimum atomic E-state index is -1.19. The lowest BCUT2D eigenvalue weighted by Gasteiger charge is -2.41. The van der Waals surface area contributed by atoms with E-state index in [1.165, 1.54) is 25.2 Å². The van der Waals surface area contributed by atoms with Crippen molar-refractivity contribution in [3.63, 3.8) is 0 Å². The maximum absolute atomic E-state index is 14.9. The maximum Gasteiger partial charge on any atom is 0.329 e. The molecule has 6 rings (SSSR count). The number of piperidine rings is 1. The predicted molar refractivity (Wildman–Crippen MR) is 289 cm³/mol. The number of esters is 1. The Hall–Kier alpha value is -5.71. The van der Waals surface area contributed by atoms with E-state index >= 15 is 0 Å². The molecule has 2 aliphatic carbocycles. The molecule has 0 radical (unpaired) electrons. The number of ether oxygens (including phenoxy) is 4. The number of hydrogen-bond acceptors (Lipinski definition) is 10. The van der Waals surface area contributed by atoms with E-state index in [0.29, 0.717) is 19.4 Å². The van der Waals surface area contributed by atoms with Gasteiger partial charge in [0.15, 0.2) is 0 Å². The van der Waals surface area contributed by atoms with Crippen LogP contribution in [0.25, 0.3) is 11.1 Å². The van der Waals surface area contributed by atoms with Gasteiger partial charge in [0.25, 0.3) is 0 Å². The van der Waals surface area contributed by atoms with E-state index in [2.05, 4.69) is 34.9 Å². The third-order valence-electron chi connectivity index (χ3n) is 15.9. The first kappa shape index (κ1) is 59.5. The molecule has 416 valence electrons. The molecule has 1 aliphatic heterocycles. The molecule has 3 aromatic carbocycles. The van der Waals surface area contributed by atoms with Gasteiger partial charge in [-0.15, -0.1) is 0 Å². The monoisotopic (exact) mass is 1050 g/mol. The van der Waals surface area contributed by atoms with Gasteiger partial charge in [-0.3, -0.25) is 24.0 Å². The first-order chi connectivity index (χ1) is 35.9. The van der Waals surface area contributed by atoms with Gasteiger partial charge in [0.2, 0.25) is 29.5 Å². The van der Waals surface area contributed by atoms with Gasteiger partial charge < -0.3 is 44.3 Å². The van der Waals surface area contributed by atoms with Gasteiger partial charge in [-0.1, -0.05) is 122 Å². The van der Waals surface area contributed by atoms with Gasteiger partial charge in [0.05, 0.1) is 43.2 Å². The number of nitrogens with zero attached hydrogens (tertiary/aromatic N) is 3. The zero-order valence-corrected chi connectivity index (χ0v) is 47.3. The molecule has 11 atom stereocenters. The lowest BCUT2D eigenvalue weighted by molar-refractivity contribution is -0.159. The largest absolute Gasteiger partial charge is 0.458 e. The molecule has 3 aromatic rings. The second-order valence-corrected chi connectivity index (χ2v) is 23.0. The smallest absolute Gasteiger partial charge is 0.329 e. The second kappa shape index (κ2) is 25.6. The number of amides is 5. The van der Waals surface area contributed by atoms with Crippen molar-refractivity contribution in [2.24, 2.45) is 29.6 Å². The number of likely N-dealkylation sites (tertiary alicyclic amines) is 1. The number of nitrogens with one attached hydrogen (secondary N) is 2. The Morgan fingerprint density at radius 3 is 1.93 bits per heavy atom. The van der Waals surface area contributed by atoms with E-state index in [9.17, 15) is 33.2 Å². The van der Waals surface area contributed by atoms with E-state index in [0.717, 1.165) is 28.7 Å². The molecule has 2 fully saturated rings. The molecule has 3 aliphatic rings. The summed E-state index contributed by atoms with van der Waals surface area (Å²) in [5.41, 5.74) is 3.98. The first-order valence-electron chi connectivity index (χ1n) is 27.2. The highest BCUT2D eigenvalue weighted by Gasteiger charge is 2.57. The summed E-state index contributed by atoms with van der Waals surface area (Å²) in [6, 6.07) is 18.2. The lowest BCUT2D eigenvalue weighted by atomic mass is 9.89. The molecule has 0 aromatic heterocycles. The first-order valence-corrected chi connectivity index (χ1v) is 27.2. The number of fused-ring (bicyclic) bond motifs is 4. The fraction of sp³-hybridized carbons (Fsp3) is 0.600. The molecule has 1 saturated carbocycles. The van der Waals surface area contributed by atoms with Crippen LogP contribution in [0.15, 0.2) is 72.8 Å². The molecule has 0 bridgehead atoms. The van der Waals surface area contributed by atoms with E-state index in [4.69, 9.17) is 18.9 Å². The maximum atomic E-state index is 14.9. The Bertz CT molecular complexity index is 2490. The Labute approximate surface area is 450 Å². The SMILES string of the molecule is CC[C@H](C)C(C(CC(=O)N1C2C[C@@H]2C[C@H]1[C@H](OC)[C@@H](C)C(=O)N[C@@H](Cc1ccccc1F)C(=O)OC(C)(C)C)OC)N(C)C(=O)[C@@H](NC(=O)[C@H](C(C)C)N(C)C(=O)COCC1c2ccccc2-c2ccccc21)C(C)C. The van der Waals surface area contributed by atoms with E-state index in [1.807, 2.05) is 70.7 Å². The van der Waals surface area contributed by atoms with Crippen LogP contribution in [0.2, 0.25) is 0 Å². The van der Waals surface area contributed by atoms with Crippen molar-refractivity contribution >= 4 is 35.5 Å². The van der Waals surface area contributed by atoms with Crippen LogP contribution in [0, 0.1) is 35.4 Å². The third kappa shape index (κ3) is 13.7. The fourth-order valence-corrected chi connectivity index (χ4v) is 11.6. The van der Waals surface area contributed by atoms with Gasteiger partial charge in [-0.05, 0) is 91.2 Å². The summed E-state index contributed by atoms with van der Waals surface area (Å²) in [7, 11) is 6.29. The van der Waals surface area contributed by atoms with Gasteiger partial charge in [-0.2, -0.15) is 0 Å². The number of carbonyl (C=O) groups is 6. The lowest BCUT2D eigenvalue weighted by Crippen LogP contribution is -2.60. The number of hydrogen-bond donors (Lipinski definition) is 2. The van der Waals surface area contributed by atoms with E-state index in [1.54, 1.807) is 64.9 Å². The summed E-state index contributed by atoms with van der Waals surface area (Å²) >= 11 is 0. The van der Waals surface area contributed by atoms with Crippen molar-refractivity contribution in [3.05, 3.63) is 95.3 Å². The van der Waals surface area contributed by atoms with Crippen molar-refractivity contribution in [1.82, 2.24) is 25.3 Å². The molecule has 2 N–H and O–H groups in total. The van der Waals surface area contributed by atoms with Crippen LogP contribution in [-0.2, 0) is 54.1 Å². The standard InChI is InChI=1S/C60H84FN5O10/c1-15-36(6)54(65(12)58(71)52(34(2)3)63-57(70)53(35(4)5)64(11)51(68)33-75-32-44-42-25-19-17-23-40(42)41-24-18-20-26-43(41)44)49(73-13)31-50(67)66-47-29-39(47)30-48(66)55(74-14)37(7)56(69)62-46(59(72)76-60(8,9)10)28-38-22-16-21-27-45(38)61/h16-27,34-37,39,44,46-49,52-55H,15,28-33H2,1-14H3,(H,62,69)(H,63,70)/t36-,37+,39+,46-,47?,48-,49?,52-,53-,54?,55+/m0/s1. The number of benzene rings is 3. The number of halogens is 1. The topological polar surface area (TPSA) is 173 Å². The Kier molecular flexibility index (Phi) is 20.1. The Morgan fingerprint density at radius 1 is 0.776 bits per heavy atom. The molecule has 3 unspecified atom stereocenters. The summed E-state index contributed by atoms with van der Waals surface area (Å²) in [6.07, 6.45) is 0.327. The summed E-state index contributed by atoms with van der Waals surface area (Å²) in [6.45, 7) is 18.3. The van der Waals surface area contributed by atoms with Crippen molar-refractivity contribution in [2.45, 2.75) is 161 Å². The average molecular weight is 1050 g/mol. The molecule has 15 nitrogen and oxygen atoms in total. The molecule has 76 heavy (non-hydrogen) atoms. The van der Waals surface area contributed by atoms with Crippen LogP contribution in [0.5, 0.6) is 0 Å². The Balaban J connectivity index is 1.12. The predicted octanol–water partition coefficient (Wildman–Crippen LogP) is 7.57. The molecule has 1 heterocycles. The highest BCUT2D eigenvalue weighted by molar-refractivity contribution is 5.93. The second-order valence-electron chi connectivity index (χ2n) is 23.0. The summed E-state index contributed by atoms with van der Waals surface area (Å²) in [4.78, 5) is 90.2. The van der Waals surface area contributed by atoms with Gasteiger partial charge >= 0.3 is 5.97 Å². The highest BCUT2D eigenvalue weighted by atomic mass is 19.1. The number of rotatable bonds is 25. The zero-order chi connectivity index (χ0) is 55.9. The normalized spacial score (nSPS) is 20.0. The van der Waals surface area contributed by atoms with Crippen molar-refractivity contribution in [3.8, 4) is 11.1 Å². The van der Waals surface area contributed by atoms with Gasteiger partial charge in [-0.25, -0.2) is 9.18 Å². The summed E-state index contributed by atoms with van der Waals surface area (Å²) in [5, 5.41) is 5.84.